The van der Waals surface area contributed by atoms with Crippen molar-refractivity contribution in [3.63, 3.8) is 0 Å². The molecule has 1 unspecified atom stereocenters. The van der Waals surface area contributed by atoms with Crippen LogP contribution in [-0.2, 0) is 4.79 Å². The highest BCUT2D eigenvalue weighted by atomic mass is 19.1. The van der Waals surface area contributed by atoms with Gasteiger partial charge < -0.3 is 15.4 Å². The lowest BCUT2D eigenvalue weighted by Crippen LogP contribution is -2.31. The Morgan fingerprint density at radius 1 is 1.47 bits per heavy atom. The molecular weight excluding hydrogens is 251 g/mol. The third-order valence-corrected chi connectivity index (χ3v) is 2.84. The Morgan fingerprint density at radius 3 is 2.84 bits per heavy atom. The third kappa shape index (κ3) is 2.73. The van der Waals surface area contributed by atoms with Gasteiger partial charge >= 0.3 is 5.97 Å². The molecule has 3 N–H and O–H groups in total. The van der Waals surface area contributed by atoms with E-state index in [0.717, 1.165) is 0 Å². The summed E-state index contributed by atoms with van der Waals surface area (Å²) >= 11 is 0. The van der Waals surface area contributed by atoms with E-state index < -0.39 is 23.6 Å². The van der Waals surface area contributed by atoms with Gasteiger partial charge in [-0.2, -0.15) is 0 Å². The van der Waals surface area contributed by atoms with Crippen molar-refractivity contribution in [2.45, 2.75) is 6.92 Å². The molecule has 0 saturated heterocycles. The monoisotopic (exact) mass is 264 g/mol. The van der Waals surface area contributed by atoms with Crippen LogP contribution in [0.1, 0.15) is 17.4 Å². The molecule has 5 nitrogen and oxygen atoms in total. The SMILES string of the molecule is CC(CNC(=O)c1cc2cccc(F)c2[nH]1)C(=O)O. The Balaban J connectivity index is 2.14. The zero-order chi connectivity index (χ0) is 14.0. The average molecular weight is 264 g/mol. The van der Waals surface area contributed by atoms with Crippen molar-refractivity contribution in [2.75, 3.05) is 6.54 Å². The van der Waals surface area contributed by atoms with Crippen molar-refractivity contribution in [2.24, 2.45) is 5.92 Å². The number of carboxylic acid groups (broad SMARTS) is 1. The average Bonchev–Trinajstić information content (AvgIpc) is 2.80. The summed E-state index contributed by atoms with van der Waals surface area (Å²) in [6.45, 7) is 1.51. The molecule has 1 aromatic heterocycles. The quantitative estimate of drug-likeness (QED) is 0.786. The maximum atomic E-state index is 13.4. The van der Waals surface area contributed by atoms with Gasteiger partial charge in [-0.25, -0.2) is 4.39 Å². The van der Waals surface area contributed by atoms with Crippen molar-refractivity contribution in [1.82, 2.24) is 10.3 Å². The standard InChI is InChI=1S/C13H13FN2O3/c1-7(13(18)19)6-15-12(17)10-5-8-3-2-4-9(14)11(8)16-10/h2-5,7,16H,6H2,1H3,(H,15,17)(H,18,19). The lowest BCUT2D eigenvalue weighted by atomic mass is 10.2. The summed E-state index contributed by atoms with van der Waals surface area (Å²) in [5.41, 5.74) is 0.469. The van der Waals surface area contributed by atoms with Crippen LogP contribution >= 0.6 is 0 Å². The number of halogens is 1. The smallest absolute Gasteiger partial charge is 0.308 e. The molecule has 19 heavy (non-hydrogen) atoms. The molecule has 0 aliphatic rings. The minimum absolute atomic E-state index is 0.0199. The molecule has 1 aromatic carbocycles. The lowest BCUT2D eigenvalue weighted by molar-refractivity contribution is -0.140. The summed E-state index contributed by atoms with van der Waals surface area (Å²) in [6, 6.07) is 6.07. The molecular formula is C13H13FN2O3. The molecule has 1 amide bonds. The van der Waals surface area contributed by atoms with E-state index in [0.29, 0.717) is 5.39 Å². The number of fused-ring (bicyclic) bond motifs is 1. The number of hydrogen-bond acceptors (Lipinski definition) is 2. The van der Waals surface area contributed by atoms with Crippen LogP contribution in [0.15, 0.2) is 24.3 Å². The molecule has 0 aliphatic heterocycles. The summed E-state index contributed by atoms with van der Waals surface area (Å²) in [4.78, 5) is 25.1. The molecule has 6 heteroatoms. The Hall–Kier alpha value is -2.37. The predicted molar refractivity (Wildman–Crippen MR) is 67.4 cm³/mol. The number of aromatic nitrogens is 1. The Bertz CT molecular complexity index is 636. The summed E-state index contributed by atoms with van der Waals surface area (Å²) in [5.74, 6) is -2.55. The number of carboxylic acids is 1. The van der Waals surface area contributed by atoms with Crippen molar-refractivity contribution < 1.29 is 19.1 Å². The minimum Gasteiger partial charge on any atom is -0.481 e. The van der Waals surface area contributed by atoms with Crippen LogP contribution in [0.5, 0.6) is 0 Å². The highest BCUT2D eigenvalue weighted by molar-refractivity contribution is 5.98. The molecule has 2 aromatic rings. The number of aliphatic carboxylic acids is 1. The first kappa shape index (κ1) is 13.1. The molecule has 0 spiro atoms. The maximum Gasteiger partial charge on any atom is 0.308 e. The number of benzene rings is 1. The molecule has 0 saturated carbocycles. The second kappa shape index (κ2) is 5.09. The fraction of sp³-hybridized carbons (Fsp3) is 0.231. The topological polar surface area (TPSA) is 82.2 Å². The zero-order valence-electron chi connectivity index (χ0n) is 10.2. The Kier molecular flexibility index (Phi) is 3.50. The largest absolute Gasteiger partial charge is 0.481 e. The number of amides is 1. The van der Waals surface area contributed by atoms with E-state index in [1.165, 1.54) is 19.1 Å². The third-order valence-electron chi connectivity index (χ3n) is 2.84. The number of carbonyl (C=O) groups is 2. The van der Waals surface area contributed by atoms with Crippen molar-refractivity contribution in [3.8, 4) is 0 Å². The van der Waals surface area contributed by atoms with Crippen LogP contribution in [0.4, 0.5) is 4.39 Å². The van der Waals surface area contributed by atoms with Crippen LogP contribution in [-0.4, -0.2) is 28.5 Å². The number of H-pyrrole nitrogens is 1. The van der Waals surface area contributed by atoms with Crippen molar-refractivity contribution in [1.29, 1.82) is 0 Å². The van der Waals surface area contributed by atoms with Crippen molar-refractivity contribution >= 4 is 22.8 Å². The van der Waals surface area contributed by atoms with Crippen LogP contribution in [0.2, 0.25) is 0 Å². The first-order valence-electron chi connectivity index (χ1n) is 5.77. The first-order chi connectivity index (χ1) is 8.99. The minimum atomic E-state index is -0.983. The Labute approximate surface area is 108 Å². The predicted octanol–water partition coefficient (Wildman–Crippen LogP) is 1.76. The Morgan fingerprint density at radius 2 is 2.21 bits per heavy atom. The number of para-hydroxylation sites is 1. The van der Waals surface area contributed by atoms with Crippen LogP contribution in [0.25, 0.3) is 10.9 Å². The summed E-state index contributed by atoms with van der Waals surface area (Å²) < 4.78 is 13.4. The first-order valence-corrected chi connectivity index (χ1v) is 5.77. The molecule has 0 bridgehead atoms. The number of aromatic amines is 1. The lowest BCUT2D eigenvalue weighted by Gasteiger charge is -2.06. The van der Waals surface area contributed by atoms with Gasteiger partial charge in [0, 0.05) is 11.9 Å². The fourth-order valence-corrected chi connectivity index (χ4v) is 1.67. The van der Waals surface area contributed by atoms with Gasteiger partial charge in [0.25, 0.3) is 5.91 Å². The summed E-state index contributed by atoms with van der Waals surface area (Å²) in [5, 5.41) is 11.8. The number of nitrogens with one attached hydrogen (secondary N) is 2. The van der Waals surface area contributed by atoms with Crippen LogP contribution < -0.4 is 5.32 Å². The number of carbonyl (C=O) groups excluding carboxylic acids is 1. The highest BCUT2D eigenvalue weighted by Gasteiger charge is 2.15. The van der Waals surface area contributed by atoms with E-state index in [2.05, 4.69) is 10.3 Å². The number of rotatable bonds is 4. The number of hydrogen-bond donors (Lipinski definition) is 3. The zero-order valence-corrected chi connectivity index (χ0v) is 10.2. The van der Waals surface area contributed by atoms with Crippen molar-refractivity contribution in [3.05, 3.63) is 35.8 Å². The van der Waals surface area contributed by atoms with Crippen LogP contribution in [0.3, 0.4) is 0 Å². The van der Waals surface area contributed by atoms with Gasteiger partial charge in [-0.3, -0.25) is 9.59 Å². The summed E-state index contributed by atoms with van der Waals surface area (Å²) in [6.07, 6.45) is 0. The van der Waals surface area contributed by atoms with Gasteiger partial charge in [0.1, 0.15) is 11.5 Å². The van der Waals surface area contributed by atoms with Gasteiger partial charge in [-0.05, 0) is 12.1 Å². The van der Waals surface area contributed by atoms with Gasteiger partial charge in [0.05, 0.1) is 11.4 Å². The van der Waals surface area contributed by atoms with E-state index in [1.54, 1.807) is 12.1 Å². The molecule has 1 atom stereocenters. The van der Waals surface area contributed by atoms with E-state index in [1.807, 2.05) is 0 Å². The summed E-state index contributed by atoms with van der Waals surface area (Å²) in [7, 11) is 0. The van der Waals surface area contributed by atoms with E-state index in [9.17, 15) is 14.0 Å². The van der Waals surface area contributed by atoms with Crippen LogP contribution in [0, 0.1) is 11.7 Å². The highest BCUT2D eigenvalue weighted by Crippen LogP contribution is 2.18. The van der Waals surface area contributed by atoms with Gasteiger partial charge in [-0.1, -0.05) is 19.1 Å². The molecule has 0 aliphatic carbocycles. The van der Waals surface area contributed by atoms with Gasteiger partial charge in [0.15, 0.2) is 0 Å². The normalized spacial score (nSPS) is 12.3. The van der Waals surface area contributed by atoms with Gasteiger partial charge in [-0.15, -0.1) is 0 Å². The van der Waals surface area contributed by atoms with E-state index in [-0.39, 0.29) is 17.8 Å². The van der Waals surface area contributed by atoms with E-state index in [4.69, 9.17) is 5.11 Å². The maximum absolute atomic E-state index is 13.4. The second-order valence-corrected chi connectivity index (χ2v) is 4.34. The molecule has 2 rings (SSSR count). The fourth-order valence-electron chi connectivity index (χ4n) is 1.67. The molecule has 100 valence electrons. The van der Waals surface area contributed by atoms with Gasteiger partial charge in [0.2, 0.25) is 0 Å². The molecule has 1 heterocycles. The molecule has 0 radical (unpaired) electrons. The molecule has 0 fully saturated rings. The van der Waals surface area contributed by atoms with E-state index >= 15 is 0 Å². The second-order valence-electron chi connectivity index (χ2n) is 4.34.